The van der Waals surface area contributed by atoms with Gasteiger partial charge in [0.1, 0.15) is 0 Å². The van der Waals surface area contributed by atoms with E-state index in [9.17, 15) is 4.79 Å². The first kappa shape index (κ1) is 13.8. The summed E-state index contributed by atoms with van der Waals surface area (Å²) < 4.78 is 0. The zero-order valence-corrected chi connectivity index (χ0v) is 11.5. The molecule has 104 valence electrons. The minimum Gasteiger partial charge on any atom is -0.396 e. The van der Waals surface area contributed by atoms with Crippen molar-refractivity contribution in [3.05, 3.63) is 0 Å². The molecule has 4 nitrogen and oxygen atoms in total. The minimum atomic E-state index is -0.105. The molecule has 0 spiro atoms. The Labute approximate surface area is 110 Å². The molecule has 0 radical (unpaired) electrons. The summed E-state index contributed by atoms with van der Waals surface area (Å²) >= 11 is 0. The van der Waals surface area contributed by atoms with Gasteiger partial charge in [-0.3, -0.25) is 9.69 Å². The van der Waals surface area contributed by atoms with Gasteiger partial charge in [-0.15, -0.1) is 0 Å². The van der Waals surface area contributed by atoms with E-state index in [-0.39, 0.29) is 18.6 Å². The van der Waals surface area contributed by atoms with Crippen LogP contribution < -0.4 is 0 Å². The summed E-state index contributed by atoms with van der Waals surface area (Å²) in [6.45, 7) is 1.90. The number of hydrogen-bond acceptors (Lipinski definition) is 3. The second-order valence-electron chi connectivity index (χ2n) is 5.69. The lowest BCUT2D eigenvalue weighted by Gasteiger charge is -2.42. The third kappa shape index (κ3) is 3.04. The maximum absolute atomic E-state index is 12.5. The van der Waals surface area contributed by atoms with Crippen molar-refractivity contribution in [2.75, 3.05) is 26.7 Å². The third-order valence-electron chi connectivity index (χ3n) is 4.46. The number of piperazine rings is 1. The number of nitrogens with zero attached hydrogens (tertiary/aromatic N) is 2. The highest BCUT2D eigenvalue weighted by atomic mass is 16.3. The summed E-state index contributed by atoms with van der Waals surface area (Å²) in [5.41, 5.74) is 0. The molecule has 1 unspecified atom stereocenters. The van der Waals surface area contributed by atoms with Gasteiger partial charge in [0.05, 0.1) is 6.04 Å². The molecule has 4 heteroatoms. The molecular formula is C14H26N2O2. The number of hydrogen-bond donors (Lipinski definition) is 1. The number of rotatable bonds is 3. The van der Waals surface area contributed by atoms with Gasteiger partial charge in [-0.05, 0) is 26.3 Å². The molecule has 1 saturated carbocycles. The monoisotopic (exact) mass is 254 g/mol. The molecule has 1 heterocycles. The van der Waals surface area contributed by atoms with Crippen molar-refractivity contribution in [1.29, 1.82) is 0 Å². The minimum absolute atomic E-state index is 0.0965. The highest BCUT2D eigenvalue weighted by Gasteiger charge is 2.35. The van der Waals surface area contributed by atoms with E-state index in [1.165, 1.54) is 38.5 Å². The molecule has 2 rings (SSSR count). The zero-order chi connectivity index (χ0) is 13.0. The first-order valence-electron chi connectivity index (χ1n) is 7.35. The van der Waals surface area contributed by atoms with Gasteiger partial charge < -0.3 is 10.0 Å². The molecule has 2 aliphatic rings. The lowest BCUT2D eigenvalue weighted by atomic mass is 10.0. The molecule has 0 aromatic heterocycles. The Bertz CT molecular complexity index is 275. The van der Waals surface area contributed by atoms with Crippen molar-refractivity contribution < 1.29 is 9.90 Å². The quantitative estimate of drug-likeness (QED) is 0.771. The zero-order valence-electron chi connectivity index (χ0n) is 11.5. The van der Waals surface area contributed by atoms with Crippen LogP contribution in [0.5, 0.6) is 0 Å². The molecule has 0 aromatic carbocycles. The fourth-order valence-corrected chi connectivity index (χ4v) is 3.31. The molecule has 18 heavy (non-hydrogen) atoms. The van der Waals surface area contributed by atoms with Crippen molar-refractivity contribution in [1.82, 2.24) is 9.80 Å². The van der Waals surface area contributed by atoms with Gasteiger partial charge in [0.15, 0.2) is 0 Å². The van der Waals surface area contributed by atoms with E-state index in [4.69, 9.17) is 5.11 Å². The average molecular weight is 254 g/mol. The van der Waals surface area contributed by atoms with E-state index in [1.807, 2.05) is 7.05 Å². The van der Waals surface area contributed by atoms with Gasteiger partial charge in [0, 0.05) is 25.7 Å². The second-order valence-corrected chi connectivity index (χ2v) is 5.69. The summed E-state index contributed by atoms with van der Waals surface area (Å²) in [5.74, 6) is 0.240. The molecular weight excluding hydrogens is 228 g/mol. The van der Waals surface area contributed by atoms with Crippen LogP contribution in [0.2, 0.25) is 0 Å². The van der Waals surface area contributed by atoms with Crippen molar-refractivity contribution in [3.8, 4) is 0 Å². The van der Waals surface area contributed by atoms with Crippen molar-refractivity contribution in [3.63, 3.8) is 0 Å². The smallest absolute Gasteiger partial charge is 0.240 e. The normalized spacial score (nSPS) is 28.4. The third-order valence-corrected chi connectivity index (χ3v) is 4.46. The Morgan fingerprint density at radius 1 is 1.17 bits per heavy atom. The molecule has 1 aliphatic heterocycles. The number of carbonyl (C=O) groups excluding carboxylic acids is 1. The summed E-state index contributed by atoms with van der Waals surface area (Å²) in [6, 6.07) is 0.349. The molecule has 1 aliphatic carbocycles. The standard InChI is InChI=1S/C14H26N2O2/c1-15-9-10-16(14(18)13(15)8-11-17)12-6-4-2-3-5-7-12/h12-13,17H,2-11H2,1H3. The lowest BCUT2D eigenvalue weighted by Crippen LogP contribution is -2.58. The first-order chi connectivity index (χ1) is 8.74. The highest BCUT2D eigenvalue weighted by Crippen LogP contribution is 2.25. The molecule has 0 bridgehead atoms. The Morgan fingerprint density at radius 3 is 2.44 bits per heavy atom. The van der Waals surface area contributed by atoms with E-state index in [2.05, 4.69) is 9.80 Å². The van der Waals surface area contributed by atoms with Crippen LogP contribution in [0.25, 0.3) is 0 Å². The van der Waals surface area contributed by atoms with Gasteiger partial charge in [0.2, 0.25) is 5.91 Å². The van der Waals surface area contributed by atoms with Gasteiger partial charge in [0.25, 0.3) is 0 Å². The van der Waals surface area contributed by atoms with Gasteiger partial charge >= 0.3 is 0 Å². The average Bonchev–Trinajstić information content (AvgIpc) is 2.63. The summed E-state index contributed by atoms with van der Waals surface area (Å²) in [4.78, 5) is 16.7. The fraction of sp³-hybridized carbons (Fsp3) is 0.929. The lowest BCUT2D eigenvalue weighted by molar-refractivity contribution is -0.144. The Hall–Kier alpha value is -0.610. The summed E-state index contributed by atoms with van der Waals surface area (Å²) in [7, 11) is 1.99. The summed E-state index contributed by atoms with van der Waals surface area (Å²) in [5, 5.41) is 9.10. The van der Waals surface area contributed by atoms with E-state index in [0.29, 0.717) is 12.5 Å². The molecule has 2 fully saturated rings. The first-order valence-corrected chi connectivity index (χ1v) is 7.35. The van der Waals surface area contributed by atoms with Crippen molar-refractivity contribution in [2.24, 2.45) is 0 Å². The van der Waals surface area contributed by atoms with Crippen LogP contribution in [-0.2, 0) is 4.79 Å². The highest BCUT2D eigenvalue weighted by molar-refractivity contribution is 5.83. The van der Waals surface area contributed by atoms with Crippen LogP contribution in [0.3, 0.4) is 0 Å². The molecule has 1 saturated heterocycles. The Balaban J connectivity index is 2.01. The Morgan fingerprint density at radius 2 is 1.83 bits per heavy atom. The van der Waals surface area contributed by atoms with Crippen LogP contribution in [0.15, 0.2) is 0 Å². The van der Waals surface area contributed by atoms with Crippen LogP contribution >= 0.6 is 0 Å². The van der Waals surface area contributed by atoms with Crippen LogP contribution in [0, 0.1) is 0 Å². The number of aliphatic hydroxyl groups excluding tert-OH is 1. The maximum atomic E-state index is 12.5. The predicted octanol–water partition coefficient (Wildman–Crippen LogP) is 1.23. The van der Waals surface area contributed by atoms with Crippen LogP contribution in [0.4, 0.5) is 0 Å². The number of amides is 1. The second kappa shape index (κ2) is 6.53. The molecule has 1 atom stereocenters. The van der Waals surface area contributed by atoms with E-state index >= 15 is 0 Å². The fourth-order valence-electron chi connectivity index (χ4n) is 3.31. The SMILES string of the molecule is CN1CCN(C2CCCCCC2)C(=O)C1CCO. The summed E-state index contributed by atoms with van der Waals surface area (Å²) in [6.07, 6.45) is 8.06. The number of carbonyl (C=O) groups is 1. The van der Waals surface area contributed by atoms with Crippen molar-refractivity contribution >= 4 is 5.91 Å². The predicted molar refractivity (Wildman–Crippen MR) is 71.3 cm³/mol. The topological polar surface area (TPSA) is 43.8 Å². The van der Waals surface area contributed by atoms with Gasteiger partial charge in [-0.25, -0.2) is 0 Å². The van der Waals surface area contributed by atoms with E-state index in [0.717, 1.165) is 13.1 Å². The largest absolute Gasteiger partial charge is 0.396 e. The number of aliphatic hydroxyl groups is 1. The van der Waals surface area contributed by atoms with Gasteiger partial charge in [-0.1, -0.05) is 25.7 Å². The molecule has 0 aromatic rings. The molecule has 1 N–H and O–H groups in total. The Kier molecular flexibility index (Phi) is 5.01. The number of likely N-dealkylation sites (N-methyl/N-ethyl adjacent to an activating group) is 1. The van der Waals surface area contributed by atoms with E-state index < -0.39 is 0 Å². The van der Waals surface area contributed by atoms with Crippen LogP contribution in [0.1, 0.15) is 44.9 Å². The van der Waals surface area contributed by atoms with E-state index in [1.54, 1.807) is 0 Å². The van der Waals surface area contributed by atoms with Crippen molar-refractivity contribution in [2.45, 2.75) is 57.0 Å². The maximum Gasteiger partial charge on any atom is 0.240 e. The molecule has 1 amide bonds. The van der Waals surface area contributed by atoms with Crippen LogP contribution in [-0.4, -0.2) is 59.6 Å². The van der Waals surface area contributed by atoms with Gasteiger partial charge in [-0.2, -0.15) is 0 Å².